The summed E-state index contributed by atoms with van der Waals surface area (Å²) in [5.74, 6) is 1.18. The Kier molecular flexibility index (Phi) is 7.96. The highest BCUT2D eigenvalue weighted by Crippen LogP contribution is 2.27. The third kappa shape index (κ3) is 6.23. The summed E-state index contributed by atoms with van der Waals surface area (Å²) >= 11 is 6.25. The fraction of sp³-hybridized carbons (Fsp3) is 0.522. The molecule has 3 heterocycles. The zero-order valence-corrected chi connectivity index (χ0v) is 18.9. The van der Waals surface area contributed by atoms with Crippen molar-refractivity contribution in [3.8, 4) is 0 Å². The predicted octanol–water partition coefficient (Wildman–Crippen LogP) is 3.89. The van der Waals surface area contributed by atoms with E-state index in [0.717, 1.165) is 44.2 Å². The molecule has 31 heavy (non-hydrogen) atoms. The summed E-state index contributed by atoms with van der Waals surface area (Å²) in [6, 6.07) is 3.47. The second-order valence-electron chi connectivity index (χ2n) is 8.36. The normalized spacial score (nSPS) is 17.8. The molecule has 2 N–H and O–H groups in total. The highest BCUT2D eigenvalue weighted by atomic mass is 35.5. The van der Waals surface area contributed by atoms with Crippen LogP contribution in [-0.2, 0) is 11.2 Å². The maximum absolute atomic E-state index is 12.9. The number of Topliss-reactive ketones (excluding diaryl/α,β-unsaturated/α-hetero) is 1. The third-order valence-corrected chi connectivity index (χ3v) is 6.27. The van der Waals surface area contributed by atoms with E-state index in [1.54, 1.807) is 31.5 Å². The Morgan fingerprint density at radius 2 is 2.10 bits per heavy atom. The lowest BCUT2D eigenvalue weighted by Gasteiger charge is -2.24. The van der Waals surface area contributed by atoms with Gasteiger partial charge < -0.3 is 10.6 Å². The Balaban J connectivity index is 1.51. The standard InChI is InChI=1S/C23H30ClN5O2/c1-15(13-20(30)18-6-3-10-26-14-18)23(31)29-11-4-5-17(9-12-29)7-8-19-21(24)27-16(2)28-22(19)25/h3,6,10,14-15,17H,4-5,7-9,11-13H2,1-2H3,(H2,25,27,28)/t15-,17?/m1/s1. The quantitative estimate of drug-likeness (QED) is 0.514. The summed E-state index contributed by atoms with van der Waals surface area (Å²) in [7, 11) is 0. The van der Waals surface area contributed by atoms with Crippen LogP contribution >= 0.6 is 11.6 Å². The Hall–Kier alpha value is -2.54. The number of nitrogen functional groups attached to an aromatic ring is 1. The van der Waals surface area contributed by atoms with Gasteiger partial charge in [-0.1, -0.05) is 18.5 Å². The lowest BCUT2D eigenvalue weighted by atomic mass is 9.93. The zero-order chi connectivity index (χ0) is 22.4. The number of carbonyl (C=O) groups excluding carboxylic acids is 2. The van der Waals surface area contributed by atoms with Crippen LogP contribution in [0.15, 0.2) is 24.5 Å². The number of carbonyl (C=O) groups is 2. The fourth-order valence-corrected chi connectivity index (χ4v) is 4.47. The molecule has 2 aromatic rings. The van der Waals surface area contributed by atoms with Crippen LogP contribution in [-0.4, -0.2) is 44.6 Å². The van der Waals surface area contributed by atoms with Crippen molar-refractivity contribution >= 4 is 29.1 Å². The van der Waals surface area contributed by atoms with Crippen LogP contribution in [0.2, 0.25) is 5.15 Å². The number of amides is 1. The molecular formula is C23H30ClN5O2. The molecule has 7 nitrogen and oxygen atoms in total. The van der Waals surface area contributed by atoms with E-state index in [4.69, 9.17) is 17.3 Å². The molecule has 1 aliphatic rings. The maximum atomic E-state index is 12.9. The van der Waals surface area contributed by atoms with Gasteiger partial charge in [0.25, 0.3) is 0 Å². The molecule has 0 radical (unpaired) electrons. The molecule has 1 aliphatic heterocycles. The maximum Gasteiger partial charge on any atom is 0.225 e. The molecule has 2 aromatic heterocycles. The summed E-state index contributed by atoms with van der Waals surface area (Å²) in [5.41, 5.74) is 7.39. The van der Waals surface area contributed by atoms with Crippen LogP contribution in [0.5, 0.6) is 0 Å². The minimum absolute atomic E-state index is 0.0450. The van der Waals surface area contributed by atoms with Crippen LogP contribution in [0.1, 0.15) is 60.8 Å². The van der Waals surface area contributed by atoms with Gasteiger partial charge in [0.05, 0.1) is 0 Å². The molecule has 1 amide bonds. The minimum atomic E-state index is -0.340. The number of nitrogens with two attached hydrogens (primary N) is 1. The third-order valence-electron chi connectivity index (χ3n) is 5.96. The Bertz CT molecular complexity index is 898. The first kappa shape index (κ1) is 23.1. The van der Waals surface area contributed by atoms with Crippen molar-refractivity contribution in [2.24, 2.45) is 11.8 Å². The van der Waals surface area contributed by atoms with Gasteiger partial charge in [-0.2, -0.15) is 0 Å². The summed E-state index contributed by atoms with van der Waals surface area (Å²) in [6.07, 6.45) is 7.99. The van der Waals surface area contributed by atoms with E-state index in [9.17, 15) is 9.59 Å². The average Bonchev–Trinajstić information content (AvgIpc) is 2.98. The van der Waals surface area contributed by atoms with E-state index >= 15 is 0 Å². The first-order chi connectivity index (χ1) is 14.8. The second kappa shape index (κ2) is 10.7. The van der Waals surface area contributed by atoms with Crippen molar-refractivity contribution in [3.63, 3.8) is 0 Å². The molecule has 2 atom stereocenters. The Labute approximate surface area is 188 Å². The van der Waals surface area contributed by atoms with E-state index in [1.165, 1.54) is 0 Å². The molecule has 0 aliphatic carbocycles. The van der Waals surface area contributed by atoms with Gasteiger partial charge in [-0.15, -0.1) is 0 Å². The number of nitrogens with zero attached hydrogens (tertiary/aromatic N) is 4. The predicted molar refractivity (Wildman–Crippen MR) is 121 cm³/mol. The van der Waals surface area contributed by atoms with Gasteiger partial charge in [0.15, 0.2) is 5.78 Å². The number of likely N-dealkylation sites (tertiary alicyclic amines) is 1. The van der Waals surface area contributed by atoms with Crippen molar-refractivity contribution in [2.45, 2.75) is 52.4 Å². The van der Waals surface area contributed by atoms with Gasteiger partial charge >= 0.3 is 0 Å². The molecule has 0 aromatic carbocycles. The second-order valence-corrected chi connectivity index (χ2v) is 8.71. The summed E-state index contributed by atoms with van der Waals surface area (Å²) in [5, 5.41) is 0.433. The molecule has 8 heteroatoms. The number of halogens is 1. The van der Waals surface area contributed by atoms with Crippen LogP contribution in [0.4, 0.5) is 5.82 Å². The number of aromatic nitrogens is 3. The van der Waals surface area contributed by atoms with Gasteiger partial charge in [-0.25, -0.2) is 9.97 Å². The average molecular weight is 444 g/mol. The van der Waals surface area contributed by atoms with E-state index in [1.807, 2.05) is 11.8 Å². The molecule has 1 unspecified atom stereocenters. The summed E-state index contributed by atoms with van der Waals surface area (Å²) < 4.78 is 0. The molecule has 1 fully saturated rings. The van der Waals surface area contributed by atoms with Crippen molar-refractivity contribution in [1.82, 2.24) is 19.9 Å². The van der Waals surface area contributed by atoms with Crippen molar-refractivity contribution in [1.29, 1.82) is 0 Å². The number of pyridine rings is 1. The molecule has 166 valence electrons. The van der Waals surface area contributed by atoms with Crippen LogP contribution < -0.4 is 5.73 Å². The van der Waals surface area contributed by atoms with Crippen molar-refractivity contribution < 1.29 is 9.59 Å². The highest BCUT2D eigenvalue weighted by molar-refractivity contribution is 6.30. The van der Waals surface area contributed by atoms with Gasteiger partial charge in [0.1, 0.15) is 16.8 Å². The number of anilines is 1. The Morgan fingerprint density at radius 3 is 2.81 bits per heavy atom. The first-order valence-corrected chi connectivity index (χ1v) is 11.2. The topological polar surface area (TPSA) is 102 Å². The lowest BCUT2D eigenvalue weighted by molar-refractivity contribution is -0.134. The fourth-order valence-electron chi connectivity index (χ4n) is 4.16. The highest BCUT2D eigenvalue weighted by Gasteiger charge is 2.26. The lowest BCUT2D eigenvalue weighted by Crippen LogP contribution is -2.36. The molecule has 0 spiro atoms. The molecule has 3 rings (SSSR count). The smallest absolute Gasteiger partial charge is 0.225 e. The van der Waals surface area contributed by atoms with Gasteiger partial charge in [-0.05, 0) is 57.1 Å². The summed E-state index contributed by atoms with van der Waals surface area (Å²) in [4.78, 5) is 39.7. The van der Waals surface area contributed by atoms with E-state index in [0.29, 0.717) is 34.8 Å². The van der Waals surface area contributed by atoms with E-state index < -0.39 is 0 Å². The molecule has 1 saturated heterocycles. The number of aryl methyl sites for hydroxylation is 1. The number of hydrogen-bond acceptors (Lipinski definition) is 6. The van der Waals surface area contributed by atoms with Crippen LogP contribution in [0.3, 0.4) is 0 Å². The summed E-state index contributed by atoms with van der Waals surface area (Å²) in [6.45, 7) is 5.05. The Morgan fingerprint density at radius 1 is 1.29 bits per heavy atom. The van der Waals surface area contributed by atoms with Crippen LogP contribution in [0, 0.1) is 18.8 Å². The largest absolute Gasteiger partial charge is 0.383 e. The number of hydrogen-bond donors (Lipinski definition) is 1. The monoisotopic (exact) mass is 443 g/mol. The van der Waals surface area contributed by atoms with Crippen molar-refractivity contribution in [2.75, 3.05) is 18.8 Å². The van der Waals surface area contributed by atoms with Gasteiger partial charge in [0, 0.05) is 48.9 Å². The number of rotatable bonds is 7. The van der Waals surface area contributed by atoms with Gasteiger partial charge in [0.2, 0.25) is 5.91 Å². The van der Waals surface area contributed by atoms with Gasteiger partial charge in [-0.3, -0.25) is 14.6 Å². The first-order valence-electron chi connectivity index (χ1n) is 10.9. The van der Waals surface area contributed by atoms with E-state index in [2.05, 4.69) is 15.0 Å². The zero-order valence-electron chi connectivity index (χ0n) is 18.2. The van der Waals surface area contributed by atoms with Crippen molar-refractivity contribution in [3.05, 3.63) is 46.6 Å². The van der Waals surface area contributed by atoms with E-state index in [-0.39, 0.29) is 24.0 Å². The molecule has 0 bridgehead atoms. The molecule has 0 saturated carbocycles. The number of ketones is 1. The molecular weight excluding hydrogens is 414 g/mol. The SMILES string of the molecule is Cc1nc(N)c(CCC2CCCN(C(=O)[C@H](C)CC(=O)c3cccnc3)CC2)c(Cl)n1. The van der Waals surface area contributed by atoms with Crippen LogP contribution in [0.25, 0.3) is 0 Å². The minimum Gasteiger partial charge on any atom is -0.383 e.